The van der Waals surface area contributed by atoms with Crippen molar-refractivity contribution in [3.8, 4) is 0 Å². The highest BCUT2D eigenvalue weighted by Crippen LogP contribution is 2.50. The summed E-state index contributed by atoms with van der Waals surface area (Å²) in [7, 11) is 0.196. The predicted molar refractivity (Wildman–Crippen MR) is 159 cm³/mol. The average Bonchev–Trinajstić information content (AvgIpc) is 3.41. The molecule has 4 aromatic rings. The summed E-state index contributed by atoms with van der Waals surface area (Å²) in [5.74, 6) is 0.549. The lowest BCUT2D eigenvalue weighted by Gasteiger charge is -2.10. The minimum Gasteiger partial charge on any atom is -0.217 e. The van der Waals surface area contributed by atoms with Crippen LogP contribution in [0.2, 0.25) is 6.82 Å². The molecule has 0 saturated heterocycles. The smallest absolute Gasteiger partial charge is 0.0352 e. The van der Waals surface area contributed by atoms with E-state index in [2.05, 4.69) is 119 Å². The number of thiophene rings is 1. The molecule has 0 N–H and O–H groups in total. The number of thioether (sulfide) groups is 1. The van der Waals surface area contributed by atoms with Crippen molar-refractivity contribution >= 4 is 52.0 Å². The number of benzene rings is 3. The Morgan fingerprint density at radius 3 is 2.32 bits per heavy atom. The monoisotopic (exact) mass is 481 g/mol. The molecule has 3 heteroatoms. The van der Waals surface area contributed by atoms with Crippen LogP contribution in [0, 0.1) is 0 Å². The second kappa shape index (κ2) is 11.8. The van der Waals surface area contributed by atoms with Gasteiger partial charge in [0.05, 0.1) is 0 Å². The molecule has 1 aliphatic rings. The lowest BCUT2D eigenvalue weighted by molar-refractivity contribution is 0.791. The number of allylic oxidation sites excluding steroid dienone is 3. The van der Waals surface area contributed by atoms with Crippen molar-refractivity contribution in [3.63, 3.8) is 0 Å². The van der Waals surface area contributed by atoms with Gasteiger partial charge in [0.15, 0.2) is 0 Å². The molecule has 1 aliphatic heterocycles. The molecule has 0 aliphatic carbocycles. The fourth-order valence-electron chi connectivity index (χ4n) is 4.70. The van der Waals surface area contributed by atoms with E-state index in [1.807, 2.05) is 23.1 Å². The molecular formula is C31H34BS2-. The van der Waals surface area contributed by atoms with Gasteiger partial charge in [-0.1, -0.05) is 92.3 Å². The van der Waals surface area contributed by atoms with Crippen LogP contribution in [0.3, 0.4) is 0 Å². The van der Waals surface area contributed by atoms with Crippen molar-refractivity contribution in [2.75, 3.05) is 0 Å². The first kappa shape index (κ1) is 24.6. The van der Waals surface area contributed by atoms with Crippen LogP contribution in [-0.2, 0) is 6.42 Å². The van der Waals surface area contributed by atoms with Crippen LogP contribution >= 0.6 is 23.1 Å². The van der Waals surface area contributed by atoms with E-state index in [-0.39, 0.29) is 7.28 Å². The quantitative estimate of drug-likeness (QED) is 0.257. The molecule has 5 rings (SSSR count). The minimum atomic E-state index is 0.196. The van der Waals surface area contributed by atoms with Gasteiger partial charge in [-0.15, -0.1) is 11.3 Å². The summed E-state index contributed by atoms with van der Waals surface area (Å²) < 4.78 is 1.39. The first-order valence-electron chi connectivity index (χ1n) is 12.8. The Hall–Kier alpha value is -2.49. The van der Waals surface area contributed by atoms with Crippen LogP contribution in [0.5, 0.6) is 0 Å². The summed E-state index contributed by atoms with van der Waals surface area (Å²) in [5.41, 5.74) is 5.86. The zero-order chi connectivity index (χ0) is 23.9. The number of hydrogen-bond acceptors (Lipinski definition) is 2. The third-order valence-corrected chi connectivity index (χ3v) is 8.99. The van der Waals surface area contributed by atoms with Gasteiger partial charge in [-0.3, -0.25) is 0 Å². The zero-order valence-corrected chi connectivity index (χ0v) is 22.6. The molecule has 0 radical (unpaired) electrons. The molecule has 0 spiro atoms. The zero-order valence-electron chi connectivity index (χ0n) is 21.0. The van der Waals surface area contributed by atoms with Gasteiger partial charge in [-0.25, -0.2) is 5.46 Å². The molecule has 0 bridgehead atoms. The maximum atomic E-state index is 2.41. The molecule has 0 nitrogen and oxygen atoms in total. The Bertz CT molecular complexity index is 1300. The first-order valence-corrected chi connectivity index (χ1v) is 14.4. The van der Waals surface area contributed by atoms with Crippen molar-refractivity contribution in [2.45, 2.75) is 51.2 Å². The van der Waals surface area contributed by atoms with Crippen molar-refractivity contribution in [2.24, 2.45) is 0 Å². The highest BCUT2D eigenvalue weighted by atomic mass is 32.2. The molecule has 174 valence electrons. The van der Waals surface area contributed by atoms with Gasteiger partial charge >= 0.3 is 0 Å². The van der Waals surface area contributed by atoms with E-state index in [0.717, 1.165) is 12.8 Å². The highest BCUT2D eigenvalue weighted by molar-refractivity contribution is 8.03. The summed E-state index contributed by atoms with van der Waals surface area (Å²) in [4.78, 5) is 4.33. The fourth-order valence-corrected chi connectivity index (χ4v) is 7.42. The van der Waals surface area contributed by atoms with Crippen LogP contribution in [0.25, 0.3) is 16.2 Å². The number of fused-ring (bicyclic) bond motifs is 2. The third kappa shape index (κ3) is 5.59. The van der Waals surface area contributed by atoms with E-state index in [0.29, 0.717) is 5.92 Å². The summed E-state index contributed by atoms with van der Waals surface area (Å²) >= 11 is 3.86. The highest BCUT2D eigenvalue weighted by Gasteiger charge is 2.26. The molecule has 3 aromatic carbocycles. The van der Waals surface area contributed by atoms with Crippen molar-refractivity contribution in [1.82, 2.24) is 0 Å². The molecule has 0 amide bonds. The second-order valence-corrected chi connectivity index (χ2v) is 11.2. The predicted octanol–water partition coefficient (Wildman–Crippen LogP) is 8.58. The molecule has 2 heterocycles. The van der Waals surface area contributed by atoms with Crippen LogP contribution in [-0.4, -0.2) is 7.28 Å². The van der Waals surface area contributed by atoms with E-state index >= 15 is 0 Å². The van der Waals surface area contributed by atoms with Crippen molar-refractivity contribution in [1.29, 1.82) is 0 Å². The fraction of sp³-hybridized carbons (Fsp3) is 0.226. The van der Waals surface area contributed by atoms with Gasteiger partial charge in [-0.05, 0) is 78.3 Å². The number of aryl methyl sites for hydroxylation is 1. The van der Waals surface area contributed by atoms with E-state index in [1.54, 1.807) is 0 Å². The lowest BCUT2D eigenvalue weighted by Crippen LogP contribution is -2.07. The van der Waals surface area contributed by atoms with Gasteiger partial charge in [0.2, 0.25) is 0 Å². The summed E-state index contributed by atoms with van der Waals surface area (Å²) in [5, 5.41) is 1.42. The van der Waals surface area contributed by atoms with Gasteiger partial charge in [0.25, 0.3) is 0 Å². The SMILES string of the molecule is CCc1c(/C=C(C)/C=C2\Sc3ccccc3C2CC)sc2ccccc12.C[BH2-]c1ccccc1. The molecular weight excluding hydrogens is 447 g/mol. The molecule has 1 atom stereocenters. The van der Waals surface area contributed by atoms with Crippen molar-refractivity contribution < 1.29 is 0 Å². The van der Waals surface area contributed by atoms with E-state index in [9.17, 15) is 0 Å². The van der Waals surface area contributed by atoms with E-state index < -0.39 is 0 Å². The maximum absolute atomic E-state index is 2.41. The molecule has 1 unspecified atom stereocenters. The summed E-state index contributed by atoms with van der Waals surface area (Å²) in [6.45, 7) is 9.08. The minimum absolute atomic E-state index is 0.196. The summed E-state index contributed by atoms with van der Waals surface area (Å²) in [6, 6.07) is 28.3. The Morgan fingerprint density at radius 2 is 1.62 bits per heavy atom. The summed E-state index contributed by atoms with van der Waals surface area (Å²) in [6.07, 6.45) is 7.03. The molecule has 0 saturated carbocycles. The average molecular weight is 482 g/mol. The Labute approximate surface area is 214 Å². The largest absolute Gasteiger partial charge is 0.217 e. The molecule has 1 aromatic heterocycles. The molecule has 34 heavy (non-hydrogen) atoms. The number of rotatable bonds is 5. The van der Waals surface area contributed by atoms with Crippen LogP contribution < -0.4 is 5.46 Å². The number of hydrogen-bond donors (Lipinski definition) is 0. The van der Waals surface area contributed by atoms with Crippen molar-refractivity contribution in [3.05, 3.63) is 111 Å². The Morgan fingerprint density at radius 1 is 0.912 bits per heavy atom. The van der Waals surface area contributed by atoms with Crippen LogP contribution in [0.1, 0.15) is 49.1 Å². The normalized spacial score (nSPS) is 16.4. The van der Waals surface area contributed by atoms with Gasteiger partial charge < -0.3 is 0 Å². The first-order chi connectivity index (χ1) is 16.6. The van der Waals surface area contributed by atoms with Gasteiger partial charge in [-0.2, -0.15) is 6.82 Å². The van der Waals surface area contributed by atoms with Gasteiger partial charge in [0, 0.05) is 20.4 Å². The second-order valence-electron chi connectivity index (χ2n) is 8.99. The maximum Gasteiger partial charge on any atom is 0.0352 e. The topological polar surface area (TPSA) is 0 Å². The standard InChI is InChI=1S/C24H24S2.C7H10B/c1-4-17-19-10-6-8-12-21(19)25-23(17)14-16(3)15-24-18(5-2)20-11-7-9-13-22(20)26-24;1-8-7-5-3-2-4-6-7/h6-15,17H,4-5H2,1-3H3;2-6H,8H2,1H3/q;-1/b16-15+,23-14-;. The third-order valence-electron chi connectivity index (χ3n) is 6.60. The lowest BCUT2D eigenvalue weighted by atomic mass is 9.74. The van der Waals surface area contributed by atoms with Gasteiger partial charge in [0.1, 0.15) is 0 Å². The van der Waals surface area contributed by atoms with E-state index in [1.165, 1.54) is 46.9 Å². The Kier molecular flexibility index (Phi) is 8.53. The Balaban J connectivity index is 0.000000291. The van der Waals surface area contributed by atoms with Crippen LogP contribution in [0.4, 0.5) is 0 Å². The molecule has 0 fully saturated rings. The van der Waals surface area contributed by atoms with Crippen LogP contribution in [0.15, 0.2) is 100 Å². The van der Waals surface area contributed by atoms with E-state index in [4.69, 9.17) is 0 Å².